The summed E-state index contributed by atoms with van der Waals surface area (Å²) < 4.78 is 0. The average molecular weight is 287 g/mol. The number of amides is 3. The van der Waals surface area contributed by atoms with E-state index in [-0.39, 0.29) is 23.7 Å². The zero-order valence-corrected chi connectivity index (χ0v) is 11.9. The highest BCUT2D eigenvalue weighted by molar-refractivity contribution is 6.21. The Labute approximate surface area is 122 Å². The first-order valence-electron chi connectivity index (χ1n) is 7.17. The lowest BCUT2D eigenvalue weighted by molar-refractivity contribution is -0.132. The maximum Gasteiger partial charge on any atom is 0.280 e. The monoisotopic (exact) mass is 287 g/mol. The quantitative estimate of drug-likeness (QED) is 0.759. The van der Waals surface area contributed by atoms with Crippen LogP contribution >= 0.6 is 0 Å². The number of fused-ring (bicyclic) bond motifs is 1. The van der Waals surface area contributed by atoms with E-state index in [4.69, 9.17) is 0 Å². The lowest BCUT2D eigenvalue weighted by atomic mass is 9.99. The van der Waals surface area contributed by atoms with E-state index < -0.39 is 11.8 Å². The Kier molecular flexibility index (Phi) is 3.45. The number of hydrogen-bond donors (Lipinski definition) is 0. The molecule has 0 radical (unpaired) electrons. The van der Waals surface area contributed by atoms with Crippen LogP contribution in [0, 0.1) is 5.92 Å². The normalized spacial score (nSPS) is 19.1. The number of likely N-dealkylation sites (tertiary alicyclic amines) is 1. The summed E-state index contributed by atoms with van der Waals surface area (Å²) in [5, 5.41) is 0. The van der Waals surface area contributed by atoms with Crippen molar-refractivity contribution in [3.8, 4) is 0 Å². The maximum atomic E-state index is 12.3. The minimum absolute atomic E-state index is 0.141. The van der Waals surface area contributed by atoms with Gasteiger partial charge in [-0.05, 0) is 30.9 Å². The molecule has 0 aliphatic carbocycles. The summed E-state index contributed by atoms with van der Waals surface area (Å²) in [4.78, 5) is 43.2. The van der Waals surface area contributed by atoms with E-state index in [1.165, 1.54) is 6.20 Å². The van der Waals surface area contributed by atoms with Gasteiger partial charge in [-0.25, -0.2) is 0 Å². The van der Waals surface area contributed by atoms with E-state index in [1.807, 2.05) is 0 Å². The smallest absolute Gasteiger partial charge is 0.280 e. The molecule has 0 unspecified atom stereocenters. The second-order valence-corrected chi connectivity index (χ2v) is 5.66. The molecule has 0 spiro atoms. The van der Waals surface area contributed by atoms with Gasteiger partial charge in [0.25, 0.3) is 11.8 Å². The molecule has 1 fully saturated rings. The predicted octanol–water partition coefficient (Wildman–Crippen LogP) is 0.936. The van der Waals surface area contributed by atoms with Crippen LogP contribution in [-0.2, 0) is 4.79 Å². The van der Waals surface area contributed by atoms with Gasteiger partial charge in [0, 0.05) is 19.3 Å². The van der Waals surface area contributed by atoms with Crippen molar-refractivity contribution < 1.29 is 14.4 Å². The molecule has 3 heterocycles. The Morgan fingerprint density at radius 3 is 2.67 bits per heavy atom. The number of imide groups is 1. The standard InChI is InChI=1S/C15H17N3O3/c1-10-4-7-17(8-5-10)12(19)9-18-14(20)11-3-2-6-16-13(11)15(18)21/h2-3,6,10H,4-5,7-9H2,1H3. The van der Waals surface area contributed by atoms with E-state index in [2.05, 4.69) is 11.9 Å². The number of rotatable bonds is 2. The predicted molar refractivity (Wildman–Crippen MR) is 74.6 cm³/mol. The second kappa shape index (κ2) is 5.27. The summed E-state index contributed by atoms with van der Waals surface area (Å²) >= 11 is 0. The highest BCUT2D eigenvalue weighted by atomic mass is 16.2. The average Bonchev–Trinajstić information content (AvgIpc) is 2.73. The van der Waals surface area contributed by atoms with E-state index in [9.17, 15) is 14.4 Å². The van der Waals surface area contributed by atoms with Crippen LogP contribution in [0.1, 0.15) is 40.6 Å². The lowest BCUT2D eigenvalue weighted by Gasteiger charge is -2.31. The van der Waals surface area contributed by atoms with Crippen molar-refractivity contribution in [1.29, 1.82) is 0 Å². The van der Waals surface area contributed by atoms with Gasteiger partial charge in [-0.15, -0.1) is 0 Å². The molecule has 6 nitrogen and oxygen atoms in total. The summed E-state index contributed by atoms with van der Waals surface area (Å²) in [5.41, 5.74) is 0.421. The molecule has 2 aliphatic heterocycles. The number of piperidine rings is 1. The number of carbonyl (C=O) groups excluding carboxylic acids is 3. The lowest BCUT2D eigenvalue weighted by Crippen LogP contribution is -2.45. The molecule has 0 aromatic carbocycles. The van der Waals surface area contributed by atoms with Gasteiger partial charge in [-0.3, -0.25) is 24.3 Å². The highest BCUT2D eigenvalue weighted by Gasteiger charge is 2.38. The molecule has 6 heteroatoms. The van der Waals surface area contributed by atoms with Gasteiger partial charge in [0.1, 0.15) is 12.2 Å². The van der Waals surface area contributed by atoms with Crippen molar-refractivity contribution in [3.63, 3.8) is 0 Å². The first-order chi connectivity index (χ1) is 10.1. The van der Waals surface area contributed by atoms with Gasteiger partial charge in [0.15, 0.2) is 0 Å². The zero-order valence-electron chi connectivity index (χ0n) is 11.9. The van der Waals surface area contributed by atoms with Crippen LogP contribution in [0.2, 0.25) is 0 Å². The summed E-state index contributed by atoms with van der Waals surface area (Å²) in [5.74, 6) is -0.454. The van der Waals surface area contributed by atoms with Gasteiger partial charge in [0.05, 0.1) is 5.56 Å². The third kappa shape index (κ3) is 2.41. The van der Waals surface area contributed by atoms with E-state index in [0.29, 0.717) is 19.0 Å². The van der Waals surface area contributed by atoms with Crippen molar-refractivity contribution in [3.05, 3.63) is 29.6 Å². The third-order valence-electron chi connectivity index (χ3n) is 4.16. The molecule has 1 aromatic rings. The molecule has 0 N–H and O–H groups in total. The fraction of sp³-hybridized carbons (Fsp3) is 0.467. The molecular formula is C15H17N3O3. The van der Waals surface area contributed by atoms with Crippen LogP contribution in [-0.4, -0.2) is 52.1 Å². The molecule has 0 bridgehead atoms. The number of aromatic nitrogens is 1. The molecule has 3 rings (SSSR count). The van der Waals surface area contributed by atoms with Crippen LogP contribution in [0.3, 0.4) is 0 Å². The van der Waals surface area contributed by atoms with E-state index in [1.54, 1.807) is 17.0 Å². The molecule has 0 atom stereocenters. The van der Waals surface area contributed by atoms with Gasteiger partial charge in [0.2, 0.25) is 5.91 Å². The Morgan fingerprint density at radius 2 is 2.00 bits per heavy atom. The molecular weight excluding hydrogens is 270 g/mol. The minimum Gasteiger partial charge on any atom is -0.341 e. The van der Waals surface area contributed by atoms with E-state index >= 15 is 0 Å². The SMILES string of the molecule is CC1CCN(C(=O)CN2C(=O)c3cccnc3C2=O)CC1. The van der Waals surface area contributed by atoms with Crippen molar-refractivity contribution in [2.75, 3.05) is 19.6 Å². The van der Waals surface area contributed by atoms with E-state index in [0.717, 1.165) is 17.7 Å². The Hall–Kier alpha value is -2.24. The Bertz CT molecular complexity index is 571. The number of carbonyl (C=O) groups is 3. The van der Waals surface area contributed by atoms with Crippen molar-refractivity contribution in [2.45, 2.75) is 19.8 Å². The molecule has 0 saturated carbocycles. The van der Waals surface area contributed by atoms with Crippen LogP contribution in [0.4, 0.5) is 0 Å². The first-order valence-corrected chi connectivity index (χ1v) is 7.17. The maximum absolute atomic E-state index is 12.3. The Balaban J connectivity index is 1.70. The van der Waals surface area contributed by atoms with Crippen LogP contribution in [0.15, 0.2) is 18.3 Å². The summed E-state index contributed by atoms with van der Waals surface area (Å²) in [6.45, 7) is 3.36. The third-order valence-corrected chi connectivity index (χ3v) is 4.16. The molecule has 110 valence electrons. The summed E-state index contributed by atoms with van der Waals surface area (Å²) in [6.07, 6.45) is 3.41. The largest absolute Gasteiger partial charge is 0.341 e. The van der Waals surface area contributed by atoms with Gasteiger partial charge in [-0.1, -0.05) is 6.92 Å². The van der Waals surface area contributed by atoms with Crippen LogP contribution in [0.5, 0.6) is 0 Å². The van der Waals surface area contributed by atoms with Crippen molar-refractivity contribution in [2.24, 2.45) is 5.92 Å². The second-order valence-electron chi connectivity index (χ2n) is 5.66. The summed E-state index contributed by atoms with van der Waals surface area (Å²) in [6, 6.07) is 3.18. The summed E-state index contributed by atoms with van der Waals surface area (Å²) in [7, 11) is 0. The zero-order chi connectivity index (χ0) is 15.0. The number of pyridine rings is 1. The van der Waals surface area contributed by atoms with Gasteiger partial charge >= 0.3 is 0 Å². The van der Waals surface area contributed by atoms with Crippen molar-refractivity contribution in [1.82, 2.24) is 14.8 Å². The minimum atomic E-state index is -0.477. The fourth-order valence-electron chi connectivity index (χ4n) is 2.75. The molecule has 1 aromatic heterocycles. The number of hydrogen-bond acceptors (Lipinski definition) is 4. The topological polar surface area (TPSA) is 70.6 Å². The molecule has 3 amide bonds. The Morgan fingerprint density at radius 1 is 1.29 bits per heavy atom. The van der Waals surface area contributed by atoms with Crippen LogP contribution in [0.25, 0.3) is 0 Å². The first kappa shape index (κ1) is 13.7. The fourth-order valence-corrected chi connectivity index (χ4v) is 2.75. The van der Waals surface area contributed by atoms with Crippen LogP contribution < -0.4 is 0 Å². The van der Waals surface area contributed by atoms with Gasteiger partial charge < -0.3 is 4.90 Å². The molecule has 21 heavy (non-hydrogen) atoms. The molecule has 2 aliphatic rings. The highest BCUT2D eigenvalue weighted by Crippen LogP contribution is 2.21. The van der Waals surface area contributed by atoms with Gasteiger partial charge in [-0.2, -0.15) is 0 Å². The molecule has 1 saturated heterocycles. The van der Waals surface area contributed by atoms with Crippen molar-refractivity contribution >= 4 is 17.7 Å². The number of nitrogens with zero attached hydrogens (tertiary/aromatic N) is 3.